The van der Waals surface area contributed by atoms with Gasteiger partial charge < -0.3 is 4.90 Å². The first-order valence-corrected chi connectivity index (χ1v) is 6.84. The lowest BCUT2D eigenvalue weighted by Gasteiger charge is -2.25. The van der Waals surface area contributed by atoms with Crippen molar-refractivity contribution in [1.82, 2.24) is 4.90 Å². The molecule has 0 saturated carbocycles. The highest BCUT2D eigenvalue weighted by molar-refractivity contribution is 5.97. The van der Waals surface area contributed by atoms with Gasteiger partial charge in [0.2, 0.25) is 11.8 Å². The highest BCUT2D eigenvalue weighted by Crippen LogP contribution is 2.23. The van der Waals surface area contributed by atoms with Gasteiger partial charge in [-0.25, -0.2) is 8.78 Å². The molecule has 0 spiro atoms. The molecule has 0 unspecified atom stereocenters. The van der Waals surface area contributed by atoms with Crippen molar-refractivity contribution in [2.45, 2.75) is 26.7 Å². The maximum Gasteiger partial charge on any atom is 0.242 e. The number of benzene rings is 1. The summed E-state index contributed by atoms with van der Waals surface area (Å²) in [5.41, 5.74) is -0.484. The van der Waals surface area contributed by atoms with Crippen LogP contribution >= 0.6 is 0 Å². The van der Waals surface area contributed by atoms with Gasteiger partial charge in [-0.2, -0.15) is 0 Å². The molecule has 0 saturated heterocycles. The SMILES string of the molecule is CCCCN(C)C(=O)CN(C(C)=O)c1c(F)cccc1F. The molecule has 1 aromatic carbocycles. The molecule has 0 aliphatic carbocycles. The topological polar surface area (TPSA) is 40.6 Å². The number of anilines is 1. The predicted octanol–water partition coefficient (Wildman–Crippen LogP) is 2.58. The highest BCUT2D eigenvalue weighted by Gasteiger charge is 2.23. The van der Waals surface area contributed by atoms with Crippen LogP contribution < -0.4 is 4.90 Å². The molecule has 6 heteroatoms. The Hall–Kier alpha value is -1.98. The maximum absolute atomic E-state index is 13.8. The van der Waals surface area contributed by atoms with Gasteiger partial charge in [0.25, 0.3) is 0 Å². The number of para-hydroxylation sites is 1. The Kier molecular flexibility index (Phi) is 6.27. The molecule has 2 amide bonds. The summed E-state index contributed by atoms with van der Waals surface area (Å²) in [6, 6.07) is 3.32. The van der Waals surface area contributed by atoms with E-state index in [2.05, 4.69) is 0 Å². The van der Waals surface area contributed by atoms with Crippen molar-refractivity contribution < 1.29 is 18.4 Å². The molecule has 0 atom stereocenters. The van der Waals surface area contributed by atoms with Gasteiger partial charge >= 0.3 is 0 Å². The first-order valence-electron chi connectivity index (χ1n) is 6.84. The third-order valence-corrected chi connectivity index (χ3v) is 3.15. The minimum Gasteiger partial charge on any atom is -0.344 e. The number of halogens is 2. The number of hydrogen-bond acceptors (Lipinski definition) is 2. The summed E-state index contributed by atoms with van der Waals surface area (Å²) in [4.78, 5) is 26.0. The summed E-state index contributed by atoms with van der Waals surface area (Å²) in [7, 11) is 1.61. The third-order valence-electron chi connectivity index (χ3n) is 3.15. The summed E-state index contributed by atoms with van der Waals surface area (Å²) in [6.07, 6.45) is 1.76. The average Bonchev–Trinajstić information content (AvgIpc) is 2.42. The van der Waals surface area contributed by atoms with E-state index in [-0.39, 0.29) is 12.5 Å². The molecule has 0 heterocycles. The van der Waals surface area contributed by atoms with E-state index in [4.69, 9.17) is 0 Å². The van der Waals surface area contributed by atoms with Crippen LogP contribution in [0, 0.1) is 11.6 Å². The zero-order valence-corrected chi connectivity index (χ0v) is 12.5. The summed E-state index contributed by atoms with van der Waals surface area (Å²) in [6.45, 7) is 3.33. The number of hydrogen-bond donors (Lipinski definition) is 0. The lowest BCUT2D eigenvalue weighted by molar-refractivity contribution is -0.130. The van der Waals surface area contributed by atoms with E-state index in [0.29, 0.717) is 6.54 Å². The molecule has 0 N–H and O–H groups in total. The standard InChI is InChI=1S/C15H20F2N2O2/c1-4-5-9-18(3)14(21)10-19(11(2)20)15-12(16)7-6-8-13(15)17/h6-8H,4-5,9-10H2,1-3H3. The predicted molar refractivity (Wildman–Crippen MR) is 76.9 cm³/mol. The summed E-state index contributed by atoms with van der Waals surface area (Å²) >= 11 is 0. The highest BCUT2D eigenvalue weighted by atomic mass is 19.1. The van der Waals surface area contributed by atoms with Crippen molar-refractivity contribution in [2.24, 2.45) is 0 Å². The lowest BCUT2D eigenvalue weighted by atomic mass is 10.2. The van der Waals surface area contributed by atoms with Gasteiger partial charge in [0.15, 0.2) is 0 Å². The van der Waals surface area contributed by atoms with Crippen molar-refractivity contribution in [3.63, 3.8) is 0 Å². The molecule has 1 aromatic rings. The number of carbonyl (C=O) groups is 2. The molecule has 0 fully saturated rings. The molecule has 0 radical (unpaired) electrons. The van der Waals surface area contributed by atoms with Gasteiger partial charge in [0.05, 0.1) is 0 Å². The summed E-state index contributed by atoms with van der Waals surface area (Å²) < 4.78 is 27.5. The molecule has 1 rings (SSSR count). The number of carbonyl (C=O) groups excluding carboxylic acids is 2. The fraction of sp³-hybridized carbons (Fsp3) is 0.467. The second kappa shape index (κ2) is 7.71. The zero-order valence-electron chi connectivity index (χ0n) is 12.5. The van der Waals surface area contributed by atoms with Crippen LogP contribution in [0.5, 0.6) is 0 Å². The maximum atomic E-state index is 13.8. The number of likely N-dealkylation sites (N-methyl/N-ethyl adjacent to an activating group) is 1. The van der Waals surface area contributed by atoms with Crippen LogP contribution in [0.1, 0.15) is 26.7 Å². The molecule has 0 aliphatic rings. The smallest absolute Gasteiger partial charge is 0.242 e. The largest absolute Gasteiger partial charge is 0.344 e. The van der Waals surface area contributed by atoms with E-state index in [9.17, 15) is 18.4 Å². The van der Waals surface area contributed by atoms with Crippen molar-refractivity contribution in [3.8, 4) is 0 Å². The second-order valence-corrected chi connectivity index (χ2v) is 4.84. The van der Waals surface area contributed by atoms with E-state index < -0.39 is 23.2 Å². The van der Waals surface area contributed by atoms with Crippen molar-refractivity contribution in [3.05, 3.63) is 29.8 Å². The Morgan fingerprint density at radius 1 is 1.19 bits per heavy atom. The van der Waals surface area contributed by atoms with Crippen molar-refractivity contribution >= 4 is 17.5 Å². The molecule has 0 aliphatic heterocycles. The van der Waals surface area contributed by atoms with Gasteiger partial charge in [-0.15, -0.1) is 0 Å². The summed E-state index contributed by atoms with van der Waals surface area (Å²) in [5.74, 6) is -2.68. The Balaban J connectivity index is 2.94. The fourth-order valence-electron chi connectivity index (χ4n) is 1.87. The van der Waals surface area contributed by atoms with Gasteiger partial charge in [-0.1, -0.05) is 19.4 Å². The van der Waals surface area contributed by atoms with Gasteiger partial charge in [0.1, 0.15) is 23.9 Å². The monoisotopic (exact) mass is 298 g/mol. The van der Waals surface area contributed by atoms with E-state index in [1.54, 1.807) is 7.05 Å². The van der Waals surface area contributed by atoms with Crippen LogP contribution in [0.2, 0.25) is 0 Å². The van der Waals surface area contributed by atoms with Crippen LogP contribution in [-0.2, 0) is 9.59 Å². The normalized spacial score (nSPS) is 10.3. The van der Waals surface area contributed by atoms with Crippen LogP contribution in [0.4, 0.5) is 14.5 Å². The van der Waals surface area contributed by atoms with Crippen LogP contribution in [0.25, 0.3) is 0 Å². The van der Waals surface area contributed by atoms with Crippen LogP contribution in [-0.4, -0.2) is 36.9 Å². The third kappa shape index (κ3) is 4.51. The quantitative estimate of drug-likeness (QED) is 0.810. The number of nitrogens with zero attached hydrogens (tertiary/aromatic N) is 2. The fourth-order valence-corrected chi connectivity index (χ4v) is 1.87. The number of rotatable bonds is 6. The van der Waals surface area contributed by atoms with E-state index >= 15 is 0 Å². The molecule has 0 aromatic heterocycles. The number of amides is 2. The Morgan fingerprint density at radius 2 is 1.76 bits per heavy atom. The number of unbranched alkanes of at least 4 members (excludes halogenated alkanes) is 1. The molecule has 116 valence electrons. The minimum absolute atomic E-state index is 0.360. The summed E-state index contributed by atoms with van der Waals surface area (Å²) in [5, 5.41) is 0. The Morgan fingerprint density at radius 3 is 2.24 bits per heavy atom. The van der Waals surface area contributed by atoms with Gasteiger partial charge in [-0.05, 0) is 18.6 Å². The Labute approximate surface area is 123 Å². The van der Waals surface area contributed by atoms with Crippen molar-refractivity contribution in [2.75, 3.05) is 25.0 Å². The lowest BCUT2D eigenvalue weighted by Crippen LogP contribution is -2.41. The minimum atomic E-state index is -0.866. The van der Waals surface area contributed by atoms with Crippen molar-refractivity contribution in [1.29, 1.82) is 0 Å². The molecule has 0 bridgehead atoms. The molecular formula is C15H20F2N2O2. The molecular weight excluding hydrogens is 278 g/mol. The molecule has 21 heavy (non-hydrogen) atoms. The second-order valence-electron chi connectivity index (χ2n) is 4.84. The van der Waals surface area contributed by atoms with E-state index in [0.717, 1.165) is 29.9 Å². The van der Waals surface area contributed by atoms with E-state index in [1.165, 1.54) is 17.9 Å². The van der Waals surface area contributed by atoms with Crippen LogP contribution in [0.15, 0.2) is 18.2 Å². The molecule has 4 nitrogen and oxygen atoms in total. The zero-order chi connectivity index (χ0) is 16.0. The average molecular weight is 298 g/mol. The first kappa shape index (κ1) is 17.1. The van der Waals surface area contributed by atoms with Gasteiger partial charge in [-0.3, -0.25) is 14.5 Å². The first-order chi connectivity index (χ1) is 9.88. The van der Waals surface area contributed by atoms with E-state index in [1.807, 2.05) is 6.92 Å². The van der Waals surface area contributed by atoms with Crippen LogP contribution in [0.3, 0.4) is 0 Å². The van der Waals surface area contributed by atoms with Gasteiger partial charge in [0, 0.05) is 20.5 Å². The Bertz CT molecular complexity index is 500.